The molecule has 3 heterocycles. The van der Waals surface area contributed by atoms with E-state index in [1.807, 2.05) is 16.8 Å². The maximum atomic E-state index is 13.5. The number of sulfonamides is 1. The second kappa shape index (κ2) is 7.14. The Morgan fingerprint density at radius 2 is 2.04 bits per heavy atom. The normalized spacial score (nSPS) is 16.7. The third-order valence-electron chi connectivity index (χ3n) is 4.79. The Hall–Kier alpha value is -2.10. The standard InChI is InChI=1S/C18H18FN3O3S2/c1-12-2-3-15(19)10-16(12)27(23,24)22-7-4-13(5-8-22)18-20-17(21-25-18)14-6-9-26-11-14/h2-3,6,9-11,13H,4-5,7-8H2,1H3. The highest BCUT2D eigenvalue weighted by molar-refractivity contribution is 7.89. The number of nitrogens with zero attached hydrogens (tertiary/aromatic N) is 3. The highest BCUT2D eigenvalue weighted by atomic mass is 32.2. The minimum Gasteiger partial charge on any atom is -0.339 e. The summed E-state index contributed by atoms with van der Waals surface area (Å²) in [5, 5.41) is 7.91. The largest absolute Gasteiger partial charge is 0.339 e. The smallest absolute Gasteiger partial charge is 0.243 e. The van der Waals surface area contributed by atoms with Crippen LogP contribution >= 0.6 is 11.3 Å². The lowest BCUT2D eigenvalue weighted by molar-refractivity contribution is 0.270. The zero-order valence-corrected chi connectivity index (χ0v) is 16.3. The highest BCUT2D eigenvalue weighted by Crippen LogP contribution is 2.32. The summed E-state index contributed by atoms with van der Waals surface area (Å²) >= 11 is 1.56. The Labute approximate surface area is 160 Å². The molecule has 9 heteroatoms. The van der Waals surface area contributed by atoms with E-state index in [2.05, 4.69) is 10.1 Å². The lowest BCUT2D eigenvalue weighted by atomic mass is 9.98. The van der Waals surface area contributed by atoms with Gasteiger partial charge in [-0.25, -0.2) is 12.8 Å². The molecule has 4 rings (SSSR count). The Kier molecular flexibility index (Phi) is 4.83. The topological polar surface area (TPSA) is 76.3 Å². The van der Waals surface area contributed by atoms with Crippen molar-refractivity contribution in [2.24, 2.45) is 0 Å². The lowest BCUT2D eigenvalue weighted by Gasteiger charge is -2.30. The van der Waals surface area contributed by atoms with Gasteiger partial charge in [0.1, 0.15) is 5.82 Å². The minimum atomic E-state index is -3.72. The molecule has 0 unspecified atom stereocenters. The van der Waals surface area contributed by atoms with E-state index in [1.165, 1.54) is 16.4 Å². The third kappa shape index (κ3) is 3.54. The van der Waals surface area contributed by atoms with E-state index in [-0.39, 0.29) is 10.8 Å². The lowest BCUT2D eigenvalue weighted by Crippen LogP contribution is -2.38. The minimum absolute atomic E-state index is 0.0185. The van der Waals surface area contributed by atoms with Crippen molar-refractivity contribution >= 4 is 21.4 Å². The van der Waals surface area contributed by atoms with E-state index in [4.69, 9.17) is 4.52 Å². The number of rotatable bonds is 4. The molecule has 2 aromatic heterocycles. The van der Waals surface area contributed by atoms with Crippen molar-refractivity contribution in [3.05, 3.63) is 52.3 Å². The number of hydrogen-bond donors (Lipinski definition) is 0. The number of benzene rings is 1. The molecule has 3 aromatic rings. The molecule has 0 amide bonds. The van der Waals surface area contributed by atoms with E-state index in [9.17, 15) is 12.8 Å². The maximum absolute atomic E-state index is 13.5. The summed E-state index contributed by atoms with van der Waals surface area (Å²) in [7, 11) is -3.72. The van der Waals surface area contributed by atoms with Crippen LogP contribution in [0.1, 0.15) is 30.2 Å². The van der Waals surface area contributed by atoms with Crippen LogP contribution in [0.2, 0.25) is 0 Å². The van der Waals surface area contributed by atoms with Crippen LogP contribution in [0.25, 0.3) is 11.4 Å². The molecule has 1 saturated heterocycles. The molecular weight excluding hydrogens is 389 g/mol. The van der Waals surface area contributed by atoms with E-state index in [0.29, 0.717) is 43.2 Å². The van der Waals surface area contributed by atoms with Crippen LogP contribution in [0.5, 0.6) is 0 Å². The van der Waals surface area contributed by atoms with Crippen LogP contribution in [-0.2, 0) is 10.0 Å². The van der Waals surface area contributed by atoms with Gasteiger partial charge < -0.3 is 4.52 Å². The van der Waals surface area contributed by atoms with Gasteiger partial charge in [0.25, 0.3) is 0 Å². The van der Waals surface area contributed by atoms with Crippen LogP contribution in [0.15, 0.2) is 44.4 Å². The second-order valence-corrected chi connectivity index (χ2v) is 9.24. The first-order valence-electron chi connectivity index (χ1n) is 8.57. The van der Waals surface area contributed by atoms with Gasteiger partial charge in [0.2, 0.25) is 21.7 Å². The van der Waals surface area contributed by atoms with Crippen LogP contribution < -0.4 is 0 Å². The second-order valence-electron chi connectivity index (χ2n) is 6.56. The summed E-state index contributed by atoms with van der Waals surface area (Å²) < 4.78 is 46.1. The van der Waals surface area contributed by atoms with E-state index in [0.717, 1.165) is 11.6 Å². The van der Waals surface area contributed by atoms with Crippen molar-refractivity contribution in [1.29, 1.82) is 0 Å². The fourth-order valence-electron chi connectivity index (χ4n) is 3.24. The summed E-state index contributed by atoms with van der Waals surface area (Å²) in [6, 6.07) is 5.76. The fourth-order valence-corrected chi connectivity index (χ4v) is 5.58. The van der Waals surface area contributed by atoms with Gasteiger partial charge in [0.05, 0.1) is 4.90 Å². The van der Waals surface area contributed by atoms with Crippen LogP contribution in [0.4, 0.5) is 4.39 Å². The van der Waals surface area contributed by atoms with Gasteiger partial charge in [0.15, 0.2) is 0 Å². The van der Waals surface area contributed by atoms with E-state index < -0.39 is 15.8 Å². The summed E-state index contributed by atoms with van der Waals surface area (Å²) in [4.78, 5) is 4.49. The first-order chi connectivity index (χ1) is 12.9. The number of piperidine rings is 1. The van der Waals surface area contributed by atoms with Gasteiger partial charge in [-0.3, -0.25) is 0 Å². The van der Waals surface area contributed by atoms with Crippen LogP contribution in [-0.4, -0.2) is 36.0 Å². The Morgan fingerprint density at radius 1 is 1.26 bits per heavy atom. The van der Waals surface area contributed by atoms with Crippen molar-refractivity contribution in [3.63, 3.8) is 0 Å². The number of halogens is 1. The zero-order valence-electron chi connectivity index (χ0n) is 14.6. The summed E-state index contributed by atoms with van der Waals surface area (Å²) in [6.45, 7) is 2.34. The van der Waals surface area contributed by atoms with Crippen LogP contribution in [0, 0.1) is 12.7 Å². The van der Waals surface area contributed by atoms with Crippen molar-refractivity contribution < 1.29 is 17.3 Å². The molecule has 0 N–H and O–H groups in total. The molecule has 142 valence electrons. The molecule has 27 heavy (non-hydrogen) atoms. The molecule has 1 aromatic carbocycles. The predicted octanol–water partition coefficient (Wildman–Crippen LogP) is 3.81. The van der Waals surface area contributed by atoms with Gasteiger partial charge in [0, 0.05) is 30.0 Å². The molecule has 0 saturated carbocycles. The summed E-state index contributed by atoms with van der Waals surface area (Å²) in [5.41, 5.74) is 1.45. The Bertz CT molecular complexity index is 1040. The van der Waals surface area contributed by atoms with E-state index in [1.54, 1.807) is 18.3 Å². The highest BCUT2D eigenvalue weighted by Gasteiger charge is 2.33. The monoisotopic (exact) mass is 407 g/mol. The van der Waals surface area contributed by atoms with Crippen molar-refractivity contribution in [3.8, 4) is 11.4 Å². The number of aromatic nitrogens is 2. The van der Waals surface area contributed by atoms with Gasteiger partial charge in [-0.05, 0) is 48.9 Å². The fraction of sp³-hybridized carbons (Fsp3) is 0.333. The first-order valence-corrected chi connectivity index (χ1v) is 11.0. The molecule has 0 atom stereocenters. The van der Waals surface area contributed by atoms with Crippen molar-refractivity contribution in [1.82, 2.24) is 14.4 Å². The molecule has 6 nitrogen and oxygen atoms in total. The van der Waals surface area contributed by atoms with Gasteiger partial charge >= 0.3 is 0 Å². The molecule has 1 fully saturated rings. The number of thiophene rings is 1. The summed E-state index contributed by atoms with van der Waals surface area (Å²) in [6.07, 6.45) is 1.16. The summed E-state index contributed by atoms with van der Waals surface area (Å²) in [5.74, 6) is 0.553. The predicted molar refractivity (Wildman–Crippen MR) is 99.5 cm³/mol. The average Bonchev–Trinajstić information content (AvgIpc) is 3.35. The van der Waals surface area contributed by atoms with Crippen LogP contribution in [0.3, 0.4) is 0 Å². The van der Waals surface area contributed by atoms with Crippen molar-refractivity contribution in [2.45, 2.75) is 30.6 Å². The van der Waals surface area contributed by atoms with Crippen molar-refractivity contribution in [2.75, 3.05) is 13.1 Å². The number of aryl methyl sites for hydroxylation is 1. The first kappa shape index (κ1) is 18.3. The van der Waals surface area contributed by atoms with E-state index >= 15 is 0 Å². The molecular formula is C18H18FN3O3S2. The SMILES string of the molecule is Cc1ccc(F)cc1S(=O)(=O)N1CCC(c2nc(-c3ccsc3)no2)CC1. The van der Waals surface area contributed by atoms with Gasteiger partial charge in [-0.2, -0.15) is 20.6 Å². The third-order valence-corrected chi connectivity index (χ3v) is 7.52. The molecule has 0 aliphatic carbocycles. The van der Waals surface area contributed by atoms with Gasteiger partial charge in [-0.1, -0.05) is 11.2 Å². The molecule has 0 bridgehead atoms. The van der Waals surface area contributed by atoms with Gasteiger partial charge in [-0.15, -0.1) is 0 Å². The molecule has 0 spiro atoms. The zero-order chi connectivity index (χ0) is 19.0. The Morgan fingerprint density at radius 3 is 2.74 bits per heavy atom. The molecule has 1 aliphatic heterocycles. The quantitative estimate of drug-likeness (QED) is 0.657. The average molecular weight is 407 g/mol. The maximum Gasteiger partial charge on any atom is 0.243 e. The molecule has 0 radical (unpaired) electrons. The molecule has 1 aliphatic rings. The number of hydrogen-bond acceptors (Lipinski definition) is 6. The Balaban J connectivity index is 1.48.